The summed E-state index contributed by atoms with van der Waals surface area (Å²) in [5, 5.41) is 2.93. The third-order valence-corrected chi connectivity index (χ3v) is 3.73. The summed E-state index contributed by atoms with van der Waals surface area (Å²) in [6.45, 7) is 5.10. The van der Waals surface area contributed by atoms with Crippen LogP contribution in [0.15, 0.2) is 30.3 Å². The number of benzene rings is 1. The number of amides is 3. The lowest BCUT2D eigenvalue weighted by Gasteiger charge is -2.23. The Morgan fingerprint density at radius 3 is 2.26 bits per heavy atom. The largest absolute Gasteiger partial charge is 0.444 e. The molecule has 0 aliphatic carbocycles. The molecule has 8 nitrogen and oxygen atoms in total. The van der Waals surface area contributed by atoms with Crippen molar-refractivity contribution in [3.63, 3.8) is 0 Å². The molecule has 3 amide bonds. The molecule has 146 valence electrons. The van der Waals surface area contributed by atoms with Gasteiger partial charge in [-0.2, -0.15) is 0 Å². The minimum atomic E-state index is -1.07. The van der Waals surface area contributed by atoms with Crippen LogP contribution >= 0.6 is 0 Å². The fourth-order valence-corrected chi connectivity index (χ4v) is 2.47. The molecule has 1 heterocycles. The molecule has 1 aromatic carbocycles. The van der Waals surface area contributed by atoms with Gasteiger partial charge in [0.05, 0.1) is 0 Å². The second kappa shape index (κ2) is 8.66. The van der Waals surface area contributed by atoms with Crippen molar-refractivity contribution in [2.45, 2.75) is 58.1 Å². The molecule has 0 bridgehead atoms. The molecule has 0 aromatic heterocycles. The van der Waals surface area contributed by atoms with Crippen molar-refractivity contribution in [1.29, 1.82) is 0 Å². The van der Waals surface area contributed by atoms with Crippen molar-refractivity contribution in [1.82, 2.24) is 10.4 Å². The lowest BCUT2D eigenvalue weighted by molar-refractivity contribution is -0.199. The lowest BCUT2D eigenvalue weighted by Crippen LogP contribution is -2.47. The van der Waals surface area contributed by atoms with E-state index >= 15 is 0 Å². The highest BCUT2D eigenvalue weighted by molar-refractivity contribution is 6.01. The molecule has 1 aromatic rings. The first kappa shape index (κ1) is 20.4. The van der Waals surface area contributed by atoms with Crippen molar-refractivity contribution in [2.24, 2.45) is 0 Å². The first-order valence-electron chi connectivity index (χ1n) is 8.77. The van der Waals surface area contributed by atoms with Gasteiger partial charge >= 0.3 is 12.1 Å². The van der Waals surface area contributed by atoms with Crippen LogP contribution in [0.5, 0.6) is 0 Å². The van der Waals surface area contributed by atoms with Gasteiger partial charge in [0.2, 0.25) is 0 Å². The number of hydrogen-bond donors (Lipinski definition) is 1. The number of ether oxygens (including phenoxy) is 1. The summed E-state index contributed by atoms with van der Waals surface area (Å²) in [5.41, 5.74) is 0.230. The molecule has 8 heteroatoms. The van der Waals surface area contributed by atoms with Crippen molar-refractivity contribution >= 4 is 23.9 Å². The topological polar surface area (TPSA) is 102 Å². The minimum Gasteiger partial charge on any atom is -0.444 e. The quantitative estimate of drug-likeness (QED) is 0.763. The number of hydroxylamine groups is 2. The average Bonchev–Trinajstić information content (AvgIpc) is 2.89. The summed E-state index contributed by atoms with van der Waals surface area (Å²) in [6, 6.07) is 8.32. The number of carbonyl (C=O) groups excluding carboxylic acids is 4. The van der Waals surface area contributed by atoms with E-state index in [2.05, 4.69) is 5.32 Å². The number of rotatable bonds is 6. The van der Waals surface area contributed by atoms with Crippen LogP contribution < -0.4 is 5.32 Å². The standard InChI is InChI=1S/C19H24N2O6/c1-19(2,3)26-18(25)20-14(10-9-13-7-5-4-6-8-13)17(24)27-21-15(22)11-12-16(21)23/h4-8,14H,9-12H2,1-3H3,(H,20,25). The smallest absolute Gasteiger partial charge is 0.408 e. The summed E-state index contributed by atoms with van der Waals surface area (Å²) in [4.78, 5) is 52.8. The number of alkyl carbamates (subject to hydrolysis) is 1. The highest BCUT2D eigenvalue weighted by Crippen LogP contribution is 2.15. The third kappa shape index (κ3) is 6.40. The van der Waals surface area contributed by atoms with Crippen molar-refractivity contribution in [2.75, 3.05) is 0 Å². The SMILES string of the molecule is CC(C)(C)OC(=O)NC(CCc1ccccc1)C(=O)ON1C(=O)CCC1=O. The highest BCUT2D eigenvalue weighted by atomic mass is 16.7. The Kier molecular flexibility index (Phi) is 6.55. The van der Waals surface area contributed by atoms with Crippen LogP contribution in [-0.2, 0) is 30.4 Å². The fraction of sp³-hybridized carbons (Fsp3) is 0.474. The Bertz CT molecular complexity index is 695. The molecule has 1 saturated heterocycles. The molecule has 1 aliphatic rings. The van der Waals surface area contributed by atoms with E-state index in [4.69, 9.17) is 9.57 Å². The van der Waals surface area contributed by atoms with E-state index in [1.54, 1.807) is 20.8 Å². The fourth-order valence-electron chi connectivity index (χ4n) is 2.47. The molecule has 2 rings (SSSR count). The first-order valence-corrected chi connectivity index (χ1v) is 8.77. The van der Waals surface area contributed by atoms with Gasteiger partial charge in [0.1, 0.15) is 11.6 Å². The molecule has 27 heavy (non-hydrogen) atoms. The predicted octanol–water partition coefficient (Wildman–Crippen LogP) is 2.12. The summed E-state index contributed by atoms with van der Waals surface area (Å²) in [5.74, 6) is -2.04. The molecule has 0 spiro atoms. The zero-order valence-corrected chi connectivity index (χ0v) is 15.7. The maximum absolute atomic E-state index is 12.5. The number of aryl methyl sites for hydroxylation is 1. The Morgan fingerprint density at radius 1 is 1.11 bits per heavy atom. The maximum atomic E-state index is 12.5. The lowest BCUT2D eigenvalue weighted by atomic mass is 10.1. The Morgan fingerprint density at radius 2 is 1.70 bits per heavy atom. The van der Waals surface area contributed by atoms with Gasteiger partial charge in [-0.3, -0.25) is 9.59 Å². The van der Waals surface area contributed by atoms with Gasteiger partial charge in [0, 0.05) is 12.8 Å². The monoisotopic (exact) mass is 376 g/mol. The molecule has 1 aliphatic heterocycles. The molecule has 1 unspecified atom stereocenters. The van der Waals surface area contributed by atoms with Gasteiger partial charge in [0.25, 0.3) is 11.8 Å². The number of nitrogens with one attached hydrogen (secondary N) is 1. The van der Waals surface area contributed by atoms with Crippen LogP contribution in [0.4, 0.5) is 4.79 Å². The second-order valence-electron chi connectivity index (χ2n) is 7.22. The molecular weight excluding hydrogens is 352 g/mol. The van der Waals surface area contributed by atoms with E-state index in [9.17, 15) is 19.2 Å². The normalized spacial score (nSPS) is 15.4. The minimum absolute atomic E-state index is 0.000287. The van der Waals surface area contributed by atoms with E-state index < -0.39 is 35.5 Å². The van der Waals surface area contributed by atoms with Crippen molar-refractivity contribution in [3.8, 4) is 0 Å². The number of carbonyl (C=O) groups is 4. The molecular formula is C19H24N2O6. The predicted molar refractivity (Wildman–Crippen MR) is 95.1 cm³/mol. The molecule has 1 atom stereocenters. The molecule has 0 radical (unpaired) electrons. The van der Waals surface area contributed by atoms with E-state index in [-0.39, 0.29) is 19.3 Å². The van der Waals surface area contributed by atoms with Gasteiger partial charge in [-0.1, -0.05) is 30.3 Å². The van der Waals surface area contributed by atoms with Gasteiger partial charge in [-0.05, 0) is 39.2 Å². The van der Waals surface area contributed by atoms with E-state index in [1.165, 1.54) is 0 Å². The van der Waals surface area contributed by atoms with Gasteiger partial charge in [0.15, 0.2) is 0 Å². The zero-order chi connectivity index (χ0) is 20.0. The third-order valence-electron chi connectivity index (χ3n) is 3.73. The Balaban J connectivity index is 2.05. The Labute approximate surface area is 157 Å². The summed E-state index contributed by atoms with van der Waals surface area (Å²) < 4.78 is 5.18. The van der Waals surface area contributed by atoms with Crippen LogP contribution in [-0.4, -0.2) is 40.6 Å². The number of hydrogen-bond acceptors (Lipinski definition) is 6. The summed E-state index contributed by atoms with van der Waals surface area (Å²) >= 11 is 0. The first-order chi connectivity index (χ1) is 12.7. The van der Waals surface area contributed by atoms with Crippen LogP contribution in [0, 0.1) is 0 Å². The van der Waals surface area contributed by atoms with Crippen LogP contribution in [0.2, 0.25) is 0 Å². The van der Waals surface area contributed by atoms with Crippen LogP contribution in [0.3, 0.4) is 0 Å². The van der Waals surface area contributed by atoms with Gasteiger partial charge in [-0.15, -0.1) is 5.06 Å². The van der Waals surface area contributed by atoms with Crippen LogP contribution in [0.1, 0.15) is 45.6 Å². The van der Waals surface area contributed by atoms with Crippen LogP contribution in [0.25, 0.3) is 0 Å². The summed E-state index contributed by atoms with van der Waals surface area (Å²) in [7, 11) is 0. The zero-order valence-electron chi connectivity index (χ0n) is 15.7. The van der Waals surface area contributed by atoms with E-state index in [0.717, 1.165) is 5.56 Å². The van der Waals surface area contributed by atoms with Crippen molar-refractivity contribution < 1.29 is 28.8 Å². The van der Waals surface area contributed by atoms with Gasteiger partial charge in [-0.25, -0.2) is 9.59 Å². The van der Waals surface area contributed by atoms with Gasteiger partial charge < -0.3 is 14.9 Å². The molecule has 1 N–H and O–H groups in total. The average molecular weight is 376 g/mol. The molecule has 1 fully saturated rings. The highest BCUT2D eigenvalue weighted by Gasteiger charge is 2.35. The number of imide groups is 1. The maximum Gasteiger partial charge on any atom is 0.408 e. The van der Waals surface area contributed by atoms with E-state index in [1.807, 2.05) is 30.3 Å². The number of nitrogens with zero attached hydrogens (tertiary/aromatic N) is 1. The summed E-state index contributed by atoms with van der Waals surface area (Å²) in [6.07, 6.45) is -0.0754. The van der Waals surface area contributed by atoms with E-state index in [0.29, 0.717) is 11.5 Å². The Hall–Kier alpha value is -2.90. The molecule has 0 saturated carbocycles. The second-order valence-corrected chi connectivity index (χ2v) is 7.22. The van der Waals surface area contributed by atoms with Crippen molar-refractivity contribution in [3.05, 3.63) is 35.9 Å².